The molecule has 0 unspecified atom stereocenters. The Hall–Kier alpha value is -3.63. The Balaban J connectivity index is 2.37. The summed E-state index contributed by atoms with van der Waals surface area (Å²) in [5.41, 5.74) is 3.24. The van der Waals surface area contributed by atoms with Crippen LogP contribution in [-0.4, -0.2) is 12.4 Å². The monoisotopic (exact) mass is 356 g/mol. The lowest BCUT2D eigenvalue weighted by Gasteiger charge is -2.08. The van der Waals surface area contributed by atoms with Crippen molar-refractivity contribution in [1.29, 1.82) is 5.26 Å². The third-order valence-corrected chi connectivity index (χ3v) is 3.98. The van der Waals surface area contributed by atoms with Crippen LogP contribution >= 0.6 is 0 Å². The van der Waals surface area contributed by atoms with Crippen LogP contribution in [0.2, 0.25) is 0 Å². The van der Waals surface area contributed by atoms with E-state index < -0.39 is 0 Å². The molecule has 2 aromatic rings. The standard InChI is InChI=1S/C23H20N2O2/c1-5-27-20-12-10-18(11-13-20)21(15-24)23(25-4)19-8-6-17(7-9-19)14-22(26)16(2)3/h6-13H,2,5,14H2,1,3H3/b23-21-. The van der Waals surface area contributed by atoms with E-state index >= 15 is 0 Å². The van der Waals surface area contributed by atoms with Crippen molar-refractivity contribution in [3.8, 4) is 11.8 Å². The zero-order valence-corrected chi connectivity index (χ0v) is 15.5. The second-order valence-corrected chi connectivity index (χ2v) is 5.98. The van der Waals surface area contributed by atoms with Gasteiger partial charge in [0.2, 0.25) is 5.70 Å². The number of allylic oxidation sites excluding steroid dienone is 2. The van der Waals surface area contributed by atoms with Gasteiger partial charge in [-0.05, 0) is 48.2 Å². The molecule has 0 spiro atoms. The first kappa shape index (κ1) is 19.7. The number of Topliss-reactive ketones (excluding diaryl/α,β-unsaturated/α-hetero) is 1. The van der Waals surface area contributed by atoms with Crippen molar-refractivity contribution in [3.05, 3.63) is 88.8 Å². The van der Waals surface area contributed by atoms with Crippen molar-refractivity contribution < 1.29 is 9.53 Å². The lowest BCUT2D eigenvalue weighted by Crippen LogP contribution is -2.02. The number of ketones is 1. The molecule has 0 saturated heterocycles. The molecule has 0 radical (unpaired) electrons. The summed E-state index contributed by atoms with van der Waals surface area (Å²) in [6, 6.07) is 16.4. The highest BCUT2D eigenvalue weighted by Gasteiger charge is 2.13. The maximum Gasteiger partial charge on any atom is 0.212 e. The first-order valence-electron chi connectivity index (χ1n) is 8.53. The van der Waals surface area contributed by atoms with E-state index in [-0.39, 0.29) is 17.9 Å². The van der Waals surface area contributed by atoms with Crippen LogP contribution in [0.15, 0.2) is 60.7 Å². The minimum absolute atomic E-state index is 0.0178. The summed E-state index contributed by atoms with van der Waals surface area (Å²) in [6.45, 7) is 15.3. The number of hydrogen-bond acceptors (Lipinski definition) is 3. The van der Waals surface area contributed by atoms with E-state index in [1.165, 1.54) is 0 Å². The average Bonchev–Trinajstić information content (AvgIpc) is 2.68. The molecule has 4 nitrogen and oxygen atoms in total. The predicted octanol–water partition coefficient (Wildman–Crippen LogP) is 5.08. The smallest absolute Gasteiger partial charge is 0.212 e. The van der Waals surface area contributed by atoms with Gasteiger partial charge in [-0.3, -0.25) is 4.79 Å². The lowest BCUT2D eigenvalue weighted by atomic mass is 9.98. The highest BCUT2D eigenvalue weighted by Crippen LogP contribution is 2.28. The fraction of sp³-hybridized carbons (Fsp3) is 0.174. The quantitative estimate of drug-likeness (QED) is 0.301. The van der Waals surface area contributed by atoms with Gasteiger partial charge in [-0.2, -0.15) is 5.26 Å². The summed E-state index contributed by atoms with van der Waals surface area (Å²) >= 11 is 0. The summed E-state index contributed by atoms with van der Waals surface area (Å²) in [7, 11) is 0. The molecule has 0 bridgehead atoms. The molecule has 0 amide bonds. The Labute approximate surface area is 159 Å². The van der Waals surface area contributed by atoms with Crippen LogP contribution in [-0.2, 0) is 11.2 Å². The third-order valence-electron chi connectivity index (χ3n) is 3.98. The van der Waals surface area contributed by atoms with E-state index in [9.17, 15) is 10.1 Å². The highest BCUT2D eigenvalue weighted by molar-refractivity contribution is 6.00. The average molecular weight is 356 g/mol. The van der Waals surface area contributed by atoms with Gasteiger partial charge in [-0.1, -0.05) is 43.0 Å². The van der Waals surface area contributed by atoms with E-state index in [1.807, 2.05) is 6.92 Å². The van der Waals surface area contributed by atoms with E-state index in [2.05, 4.69) is 17.5 Å². The molecule has 4 heteroatoms. The van der Waals surface area contributed by atoms with Gasteiger partial charge < -0.3 is 4.74 Å². The molecule has 0 atom stereocenters. The first-order valence-corrected chi connectivity index (χ1v) is 8.53. The second-order valence-electron chi connectivity index (χ2n) is 5.98. The summed E-state index contributed by atoms with van der Waals surface area (Å²) < 4.78 is 5.41. The molecule has 0 saturated carbocycles. The van der Waals surface area contributed by atoms with Gasteiger partial charge in [-0.25, -0.2) is 4.85 Å². The van der Waals surface area contributed by atoms with Crippen molar-refractivity contribution in [2.45, 2.75) is 20.3 Å². The number of carbonyl (C=O) groups excluding carboxylic acids is 1. The number of rotatable bonds is 7. The number of carbonyl (C=O) groups is 1. The van der Waals surface area contributed by atoms with Crippen LogP contribution in [0.4, 0.5) is 0 Å². The predicted molar refractivity (Wildman–Crippen MR) is 107 cm³/mol. The zero-order valence-electron chi connectivity index (χ0n) is 15.5. The molecule has 0 aromatic heterocycles. The third kappa shape index (κ3) is 4.93. The van der Waals surface area contributed by atoms with Crippen molar-refractivity contribution in [2.75, 3.05) is 6.61 Å². The van der Waals surface area contributed by atoms with Crippen LogP contribution < -0.4 is 4.74 Å². The molecule has 2 aromatic carbocycles. The van der Waals surface area contributed by atoms with Crippen molar-refractivity contribution >= 4 is 17.1 Å². The molecule has 2 rings (SSSR count). The van der Waals surface area contributed by atoms with Gasteiger partial charge in [-0.15, -0.1) is 0 Å². The van der Waals surface area contributed by atoms with Gasteiger partial charge >= 0.3 is 0 Å². The molecule has 0 aliphatic heterocycles. The minimum Gasteiger partial charge on any atom is -0.494 e. The van der Waals surface area contributed by atoms with Gasteiger partial charge in [0.15, 0.2) is 5.78 Å². The van der Waals surface area contributed by atoms with Crippen LogP contribution in [0.5, 0.6) is 5.75 Å². The Morgan fingerprint density at radius 3 is 2.22 bits per heavy atom. The van der Waals surface area contributed by atoms with Gasteiger partial charge in [0, 0.05) is 6.42 Å². The van der Waals surface area contributed by atoms with Crippen molar-refractivity contribution in [2.24, 2.45) is 0 Å². The molecular weight excluding hydrogens is 336 g/mol. The summed E-state index contributed by atoms with van der Waals surface area (Å²) in [5, 5.41) is 9.61. The number of nitriles is 1. The largest absolute Gasteiger partial charge is 0.494 e. The van der Waals surface area contributed by atoms with Gasteiger partial charge in [0.05, 0.1) is 24.8 Å². The lowest BCUT2D eigenvalue weighted by molar-refractivity contribution is -0.114. The van der Waals surface area contributed by atoms with Crippen molar-refractivity contribution in [3.63, 3.8) is 0 Å². The van der Waals surface area contributed by atoms with E-state index in [0.29, 0.717) is 28.9 Å². The molecule has 0 aliphatic rings. The molecule has 0 heterocycles. The SMILES string of the molecule is [C-]#[N+]/C(=C(/C#N)c1ccc(OCC)cc1)c1ccc(CC(=O)C(=C)C)cc1. The zero-order chi connectivity index (χ0) is 19.8. The van der Waals surface area contributed by atoms with E-state index in [0.717, 1.165) is 11.3 Å². The number of nitrogens with zero attached hydrogens (tertiary/aromatic N) is 2. The Kier molecular flexibility index (Phi) is 6.69. The maximum absolute atomic E-state index is 11.8. The van der Waals surface area contributed by atoms with Gasteiger partial charge in [0.1, 0.15) is 5.75 Å². The van der Waals surface area contributed by atoms with E-state index in [1.54, 1.807) is 55.5 Å². The van der Waals surface area contributed by atoms with Crippen LogP contribution in [0.25, 0.3) is 16.1 Å². The summed E-state index contributed by atoms with van der Waals surface area (Å²) in [4.78, 5) is 15.4. The fourth-order valence-corrected chi connectivity index (χ4v) is 2.52. The summed E-state index contributed by atoms with van der Waals surface area (Å²) in [5.74, 6) is 0.699. The normalized spacial score (nSPS) is 11.0. The fourth-order valence-electron chi connectivity index (χ4n) is 2.52. The minimum atomic E-state index is -0.0178. The van der Waals surface area contributed by atoms with Crippen molar-refractivity contribution in [1.82, 2.24) is 0 Å². The summed E-state index contributed by atoms with van der Waals surface area (Å²) in [6.07, 6.45) is 0.274. The topological polar surface area (TPSA) is 54.4 Å². The number of ether oxygens (including phenoxy) is 1. The van der Waals surface area contributed by atoms with Crippen LogP contribution in [0.1, 0.15) is 30.5 Å². The molecule has 0 N–H and O–H groups in total. The molecule has 27 heavy (non-hydrogen) atoms. The number of hydrogen-bond donors (Lipinski definition) is 0. The maximum atomic E-state index is 11.8. The Morgan fingerprint density at radius 1 is 1.15 bits per heavy atom. The first-order chi connectivity index (χ1) is 13.0. The Morgan fingerprint density at radius 2 is 1.74 bits per heavy atom. The molecule has 0 aliphatic carbocycles. The van der Waals surface area contributed by atoms with Crippen LogP contribution in [0, 0.1) is 17.9 Å². The number of benzene rings is 2. The highest BCUT2D eigenvalue weighted by atomic mass is 16.5. The van der Waals surface area contributed by atoms with E-state index in [4.69, 9.17) is 11.3 Å². The van der Waals surface area contributed by atoms with Crippen LogP contribution in [0.3, 0.4) is 0 Å². The molecular formula is C23H20N2O2. The molecule has 0 fully saturated rings. The second kappa shape index (κ2) is 9.17. The molecule has 134 valence electrons. The van der Waals surface area contributed by atoms with Gasteiger partial charge in [0.25, 0.3) is 0 Å². The Bertz CT molecular complexity index is 953.